The Morgan fingerprint density at radius 2 is 1.88 bits per heavy atom. The lowest BCUT2D eigenvalue weighted by Gasteiger charge is -2.24. The van der Waals surface area contributed by atoms with Crippen molar-refractivity contribution in [3.05, 3.63) is 36.4 Å². The minimum Gasteiger partial charge on any atom is -0.497 e. The summed E-state index contributed by atoms with van der Waals surface area (Å²) in [6, 6.07) is 8.20. The highest BCUT2D eigenvalue weighted by Gasteiger charge is 2.16. The first kappa shape index (κ1) is 11.2. The molecule has 0 saturated carbocycles. The van der Waals surface area contributed by atoms with Gasteiger partial charge in [0, 0.05) is 0 Å². The van der Waals surface area contributed by atoms with E-state index >= 15 is 0 Å². The van der Waals surface area contributed by atoms with Crippen LogP contribution in [0.2, 0.25) is 0 Å². The smallest absolute Gasteiger partial charge is 0.118 e. The molecule has 0 bridgehead atoms. The number of ether oxygens (including phenoxy) is 1. The molecule has 16 heavy (non-hydrogen) atoms. The maximum absolute atomic E-state index is 5.15. The highest BCUT2D eigenvalue weighted by atomic mass is 16.5. The highest BCUT2D eigenvalue weighted by molar-refractivity contribution is 5.65. The Morgan fingerprint density at radius 3 is 2.44 bits per heavy atom. The van der Waals surface area contributed by atoms with Crippen LogP contribution in [-0.2, 0) is 0 Å². The van der Waals surface area contributed by atoms with E-state index in [2.05, 4.69) is 24.0 Å². The molecule has 1 aliphatic rings. The molecule has 2 rings (SSSR count). The van der Waals surface area contributed by atoms with Crippen LogP contribution in [0.1, 0.15) is 18.4 Å². The van der Waals surface area contributed by atoms with Crippen molar-refractivity contribution in [1.82, 2.24) is 5.32 Å². The van der Waals surface area contributed by atoms with Gasteiger partial charge in [-0.1, -0.05) is 18.7 Å². The van der Waals surface area contributed by atoms with E-state index in [9.17, 15) is 0 Å². The molecule has 0 aromatic heterocycles. The van der Waals surface area contributed by atoms with Gasteiger partial charge in [0.25, 0.3) is 0 Å². The van der Waals surface area contributed by atoms with E-state index in [1.54, 1.807) is 7.11 Å². The Morgan fingerprint density at radius 1 is 1.25 bits per heavy atom. The third-order valence-electron chi connectivity index (χ3n) is 3.29. The number of hydrogen-bond acceptors (Lipinski definition) is 2. The quantitative estimate of drug-likeness (QED) is 0.840. The Hall–Kier alpha value is -1.28. The van der Waals surface area contributed by atoms with Crippen LogP contribution in [-0.4, -0.2) is 20.2 Å². The average Bonchev–Trinajstić information content (AvgIpc) is 2.39. The molecule has 0 unspecified atom stereocenters. The van der Waals surface area contributed by atoms with Crippen molar-refractivity contribution in [3.63, 3.8) is 0 Å². The van der Waals surface area contributed by atoms with Gasteiger partial charge in [-0.2, -0.15) is 0 Å². The van der Waals surface area contributed by atoms with Gasteiger partial charge in [-0.15, -0.1) is 0 Å². The molecule has 1 heterocycles. The summed E-state index contributed by atoms with van der Waals surface area (Å²) < 4.78 is 5.15. The van der Waals surface area contributed by atoms with E-state index < -0.39 is 0 Å². The monoisotopic (exact) mass is 217 g/mol. The normalized spacial score (nSPS) is 17.1. The fourth-order valence-corrected chi connectivity index (χ4v) is 2.21. The van der Waals surface area contributed by atoms with Crippen molar-refractivity contribution in [3.8, 4) is 5.75 Å². The first-order valence-electron chi connectivity index (χ1n) is 5.85. The molecule has 0 spiro atoms. The van der Waals surface area contributed by atoms with Gasteiger partial charge in [-0.05, 0) is 55.1 Å². The molecule has 0 amide bonds. The lowest BCUT2D eigenvalue weighted by Crippen LogP contribution is -2.28. The fourth-order valence-electron chi connectivity index (χ4n) is 2.21. The zero-order valence-corrected chi connectivity index (χ0v) is 9.83. The molecule has 86 valence electrons. The summed E-state index contributed by atoms with van der Waals surface area (Å²) in [4.78, 5) is 0. The molecule has 0 aliphatic carbocycles. The third kappa shape index (κ3) is 2.45. The predicted molar refractivity (Wildman–Crippen MR) is 67.6 cm³/mol. The van der Waals surface area contributed by atoms with E-state index in [-0.39, 0.29) is 0 Å². The number of piperidine rings is 1. The van der Waals surface area contributed by atoms with E-state index in [4.69, 9.17) is 4.74 Å². The molecule has 0 radical (unpaired) electrons. The van der Waals surface area contributed by atoms with Crippen LogP contribution >= 0.6 is 0 Å². The lowest BCUT2D eigenvalue weighted by molar-refractivity contribution is 0.414. The Balaban J connectivity index is 2.07. The van der Waals surface area contributed by atoms with Crippen molar-refractivity contribution in [2.24, 2.45) is 5.92 Å². The first-order valence-corrected chi connectivity index (χ1v) is 5.85. The molecule has 0 atom stereocenters. The summed E-state index contributed by atoms with van der Waals surface area (Å²) in [6.45, 7) is 6.46. The standard InChI is InChI=1S/C14H19NO/c1-11(13-7-9-15-10-8-13)12-3-5-14(16-2)6-4-12/h3-6,13,15H,1,7-10H2,2H3. The largest absolute Gasteiger partial charge is 0.497 e. The maximum atomic E-state index is 5.15. The average molecular weight is 217 g/mol. The Labute approximate surface area is 97.3 Å². The second kappa shape index (κ2) is 5.17. The molecule has 1 N–H and O–H groups in total. The van der Waals surface area contributed by atoms with Gasteiger partial charge in [0.05, 0.1) is 7.11 Å². The third-order valence-corrected chi connectivity index (χ3v) is 3.29. The number of methoxy groups -OCH3 is 1. The predicted octanol–water partition coefficient (Wildman–Crippen LogP) is 2.71. The number of hydrogen-bond donors (Lipinski definition) is 1. The van der Waals surface area contributed by atoms with Gasteiger partial charge < -0.3 is 10.1 Å². The van der Waals surface area contributed by atoms with Crippen LogP contribution in [0.25, 0.3) is 5.57 Å². The zero-order valence-electron chi connectivity index (χ0n) is 9.83. The van der Waals surface area contributed by atoms with Crippen LogP contribution in [0.4, 0.5) is 0 Å². The molecular weight excluding hydrogens is 198 g/mol. The summed E-state index contributed by atoms with van der Waals surface area (Å²) in [5.74, 6) is 1.54. The topological polar surface area (TPSA) is 21.3 Å². The molecule has 1 saturated heterocycles. The Kier molecular flexibility index (Phi) is 3.62. The second-order valence-corrected chi connectivity index (χ2v) is 4.28. The molecule has 1 fully saturated rings. The second-order valence-electron chi connectivity index (χ2n) is 4.28. The van der Waals surface area contributed by atoms with Crippen LogP contribution in [0.5, 0.6) is 5.75 Å². The first-order chi connectivity index (χ1) is 7.81. The SMILES string of the molecule is C=C(c1ccc(OC)cc1)C1CCNCC1. The molecule has 2 nitrogen and oxygen atoms in total. The van der Waals surface area contributed by atoms with Crippen LogP contribution < -0.4 is 10.1 Å². The Bertz CT molecular complexity index is 350. The number of benzene rings is 1. The maximum Gasteiger partial charge on any atom is 0.118 e. The molecule has 1 aromatic rings. The molecule has 1 aromatic carbocycles. The number of allylic oxidation sites excluding steroid dienone is 1. The van der Waals surface area contributed by atoms with Gasteiger partial charge >= 0.3 is 0 Å². The summed E-state index contributed by atoms with van der Waals surface area (Å²) in [6.07, 6.45) is 2.40. The van der Waals surface area contributed by atoms with Gasteiger partial charge in [0.2, 0.25) is 0 Å². The lowest BCUT2D eigenvalue weighted by atomic mass is 9.87. The number of rotatable bonds is 3. The van der Waals surface area contributed by atoms with E-state index in [1.165, 1.54) is 24.0 Å². The van der Waals surface area contributed by atoms with E-state index in [0.29, 0.717) is 5.92 Å². The summed E-state index contributed by atoms with van der Waals surface area (Å²) >= 11 is 0. The zero-order chi connectivity index (χ0) is 11.4. The highest BCUT2D eigenvalue weighted by Crippen LogP contribution is 2.29. The number of nitrogens with one attached hydrogen (secondary N) is 1. The van der Waals surface area contributed by atoms with Gasteiger partial charge in [0.15, 0.2) is 0 Å². The van der Waals surface area contributed by atoms with Gasteiger partial charge in [0.1, 0.15) is 5.75 Å². The van der Waals surface area contributed by atoms with E-state index in [0.717, 1.165) is 18.8 Å². The summed E-state index contributed by atoms with van der Waals surface area (Å²) in [7, 11) is 1.69. The van der Waals surface area contributed by atoms with Crippen LogP contribution in [0.3, 0.4) is 0 Å². The minimum absolute atomic E-state index is 0.634. The van der Waals surface area contributed by atoms with Crippen LogP contribution in [0.15, 0.2) is 30.8 Å². The van der Waals surface area contributed by atoms with Crippen molar-refractivity contribution >= 4 is 5.57 Å². The van der Waals surface area contributed by atoms with Gasteiger partial charge in [-0.3, -0.25) is 0 Å². The van der Waals surface area contributed by atoms with Crippen LogP contribution in [0, 0.1) is 5.92 Å². The molecular formula is C14H19NO. The summed E-state index contributed by atoms with van der Waals surface area (Å²) in [5.41, 5.74) is 2.51. The van der Waals surface area contributed by atoms with Gasteiger partial charge in [-0.25, -0.2) is 0 Å². The molecule has 1 aliphatic heterocycles. The minimum atomic E-state index is 0.634. The van der Waals surface area contributed by atoms with Crippen molar-refractivity contribution < 1.29 is 4.74 Å². The summed E-state index contributed by atoms with van der Waals surface area (Å²) in [5, 5.41) is 3.38. The van der Waals surface area contributed by atoms with Crippen molar-refractivity contribution in [1.29, 1.82) is 0 Å². The van der Waals surface area contributed by atoms with Crippen molar-refractivity contribution in [2.45, 2.75) is 12.8 Å². The fraction of sp³-hybridized carbons (Fsp3) is 0.429. The van der Waals surface area contributed by atoms with Crippen molar-refractivity contribution in [2.75, 3.05) is 20.2 Å². The van der Waals surface area contributed by atoms with E-state index in [1.807, 2.05) is 12.1 Å². The molecule has 2 heteroatoms.